The zero-order valence-electron chi connectivity index (χ0n) is 15.7. The maximum atomic E-state index is 12.5. The normalized spacial score (nSPS) is 14.4. The quantitative estimate of drug-likeness (QED) is 0.636. The average molecular weight is 378 g/mol. The van der Waals surface area contributed by atoms with Gasteiger partial charge < -0.3 is 10.2 Å². The van der Waals surface area contributed by atoms with Crippen LogP contribution < -0.4 is 10.2 Å². The molecule has 0 bridgehead atoms. The van der Waals surface area contributed by atoms with Crippen LogP contribution in [-0.4, -0.2) is 23.9 Å². The number of hydrogen-bond donors (Lipinski definition) is 1. The first-order chi connectivity index (χ1) is 13.5. The van der Waals surface area contributed by atoms with Gasteiger partial charge in [0.15, 0.2) is 0 Å². The molecule has 2 aromatic rings. The van der Waals surface area contributed by atoms with Gasteiger partial charge in [-0.25, -0.2) is 0 Å². The van der Waals surface area contributed by atoms with Gasteiger partial charge in [0.1, 0.15) is 5.69 Å². The van der Waals surface area contributed by atoms with Crippen molar-refractivity contribution < 1.29 is 9.72 Å². The minimum Gasteiger partial charge on any atom is -0.366 e. The summed E-state index contributed by atoms with van der Waals surface area (Å²) in [5.41, 5.74) is 2.94. The molecule has 1 heterocycles. The molecule has 1 aliphatic rings. The molecule has 3 rings (SSSR count). The Morgan fingerprint density at radius 1 is 1.25 bits per heavy atom. The van der Waals surface area contributed by atoms with Gasteiger partial charge in [0.05, 0.1) is 16.6 Å². The number of amides is 1. The Bertz CT molecular complexity index is 910. The molecule has 1 saturated heterocycles. The third-order valence-corrected chi connectivity index (χ3v) is 5.09. The fourth-order valence-corrected chi connectivity index (χ4v) is 3.43. The van der Waals surface area contributed by atoms with Crippen LogP contribution in [0, 0.1) is 34.3 Å². The van der Waals surface area contributed by atoms with Gasteiger partial charge in [-0.05, 0) is 37.5 Å². The van der Waals surface area contributed by atoms with Crippen LogP contribution in [0.2, 0.25) is 0 Å². The maximum Gasteiger partial charge on any atom is 0.293 e. The van der Waals surface area contributed by atoms with Crippen molar-refractivity contribution in [3.05, 3.63) is 69.3 Å². The molecule has 0 radical (unpaired) electrons. The maximum absolute atomic E-state index is 12.5. The monoisotopic (exact) mass is 378 g/mol. The van der Waals surface area contributed by atoms with Crippen LogP contribution in [0.1, 0.15) is 29.5 Å². The van der Waals surface area contributed by atoms with Gasteiger partial charge in [-0.3, -0.25) is 14.9 Å². The molecule has 28 heavy (non-hydrogen) atoms. The molecule has 1 amide bonds. The van der Waals surface area contributed by atoms with E-state index in [2.05, 4.69) is 5.32 Å². The molecule has 7 heteroatoms. The van der Waals surface area contributed by atoms with Crippen LogP contribution in [0.4, 0.5) is 11.4 Å². The van der Waals surface area contributed by atoms with Crippen LogP contribution in [0.3, 0.4) is 0 Å². The Balaban J connectivity index is 1.58. The first-order valence-electron chi connectivity index (χ1n) is 9.24. The van der Waals surface area contributed by atoms with Crippen molar-refractivity contribution in [2.75, 3.05) is 18.0 Å². The predicted octanol–water partition coefficient (Wildman–Crippen LogP) is 3.31. The van der Waals surface area contributed by atoms with Crippen molar-refractivity contribution >= 4 is 17.3 Å². The summed E-state index contributed by atoms with van der Waals surface area (Å²) in [5, 5.41) is 23.3. The Morgan fingerprint density at radius 2 is 1.93 bits per heavy atom. The third kappa shape index (κ3) is 4.46. The number of piperidine rings is 1. The molecule has 0 atom stereocenters. The molecule has 1 N–H and O–H groups in total. The van der Waals surface area contributed by atoms with Gasteiger partial charge >= 0.3 is 0 Å². The van der Waals surface area contributed by atoms with Crippen LogP contribution in [0.5, 0.6) is 0 Å². The second kappa shape index (κ2) is 8.53. The molecule has 144 valence electrons. The van der Waals surface area contributed by atoms with E-state index in [0.29, 0.717) is 38.2 Å². The summed E-state index contributed by atoms with van der Waals surface area (Å²) in [5.74, 6) is -0.0753. The molecule has 0 aliphatic carbocycles. The molecule has 0 saturated carbocycles. The van der Waals surface area contributed by atoms with Crippen LogP contribution in [0.25, 0.3) is 0 Å². The number of nitriles is 1. The SMILES string of the molecule is Cc1ccc(CNC(=O)C2CCN(c3ccc(C#N)cc3[N+](=O)[O-])CC2)cc1. The zero-order chi connectivity index (χ0) is 20.1. The summed E-state index contributed by atoms with van der Waals surface area (Å²) < 4.78 is 0. The fraction of sp³-hybridized carbons (Fsp3) is 0.333. The Kier molecular flexibility index (Phi) is 5.90. The number of rotatable bonds is 5. The summed E-state index contributed by atoms with van der Waals surface area (Å²) in [6.07, 6.45) is 1.27. The number of aryl methyl sites for hydroxylation is 1. The lowest BCUT2D eigenvalue weighted by Crippen LogP contribution is -2.40. The third-order valence-electron chi connectivity index (χ3n) is 5.09. The van der Waals surface area contributed by atoms with E-state index in [-0.39, 0.29) is 23.1 Å². The van der Waals surface area contributed by atoms with Crippen LogP contribution >= 0.6 is 0 Å². The van der Waals surface area contributed by atoms with Crippen molar-refractivity contribution in [1.29, 1.82) is 5.26 Å². The van der Waals surface area contributed by atoms with E-state index >= 15 is 0 Å². The van der Waals surface area contributed by atoms with E-state index in [1.54, 1.807) is 12.1 Å². The molecule has 0 unspecified atom stereocenters. The molecular formula is C21H22N4O3. The van der Waals surface area contributed by atoms with Crippen molar-refractivity contribution in [2.24, 2.45) is 5.92 Å². The predicted molar refractivity (Wildman–Crippen MR) is 106 cm³/mol. The Labute approximate surface area is 163 Å². The van der Waals surface area contributed by atoms with E-state index < -0.39 is 4.92 Å². The van der Waals surface area contributed by atoms with Crippen LogP contribution in [0.15, 0.2) is 42.5 Å². The highest BCUT2D eigenvalue weighted by atomic mass is 16.6. The smallest absolute Gasteiger partial charge is 0.293 e. The average Bonchev–Trinajstić information content (AvgIpc) is 2.72. The first kappa shape index (κ1) is 19.4. The minimum atomic E-state index is -0.462. The van der Waals surface area contributed by atoms with Gasteiger partial charge in [0.2, 0.25) is 5.91 Å². The van der Waals surface area contributed by atoms with E-state index in [1.807, 2.05) is 42.2 Å². The van der Waals surface area contributed by atoms with Gasteiger partial charge in [0.25, 0.3) is 5.69 Å². The Morgan fingerprint density at radius 3 is 2.54 bits per heavy atom. The van der Waals surface area contributed by atoms with Crippen molar-refractivity contribution in [1.82, 2.24) is 5.32 Å². The number of nitro benzene ring substituents is 1. The number of anilines is 1. The largest absolute Gasteiger partial charge is 0.366 e. The van der Waals surface area contributed by atoms with Gasteiger partial charge in [-0.1, -0.05) is 29.8 Å². The number of hydrogen-bond acceptors (Lipinski definition) is 5. The summed E-state index contributed by atoms with van der Waals surface area (Å²) in [7, 11) is 0. The van der Waals surface area contributed by atoms with E-state index in [1.165, 1.54) is 11.6 Å². The highest BCUT2D eigenvalue weighted by Crippen LogP contribution is 2.32. The number of benzene rings is 2. The minimum absolute atomic E-state index is 0.0227. The molecule has 1 fully saturated rings. The Hall–Kier alpha value is -3.40. The highest BCUT2D eigenvalue weighted by molar-refractivity contribution is 5.79. The topological polar surface area (TPSA) is 99.3 Å². The fourth-order valence-electron chi connectivity index (χ4n) is 3.43. The standard InChI is InChI=1S/C21H22N4O3/c1-15-2-4-16(5-3-15)14-23-21(26)18-8-10-24(11-9-18)19-7-6-17(13-22)12-20(19)25(27)28/h2-7,12,18H,8-11,14H2,1H3,(H,23,26). The summed E-state index contributed by atoms with van der Waals surface area (Å²) in [6, 6.07) is 14.5. The highest BCUT2D eigenvalue weighted by Gasteiger charge is 2.28. The van der Waals surface area contributed by atoms with E-state index in [4.69, 9.17) is 5.26 Å². The lowest BCUT2D eigenvalue weighted by molar-refractivity contribution is -0.384. The number of carbonyl (C=O) groups is 1. The number of nitrogens with one attached hydrogen (secondary N) is 1. The number of nitrogens with zero attached hydrogens (tertiary/aromatic N) is 3. The summed E-state index contributed by atoms with van der Waals surface area (Å²) in [6.45, 7) is 3.65. The van der Waals surface area contributed by atoms with Gasteiger partial charge in [-0.15, -0.1) is 0 Å². The summed E-state index contributed by atoms with van der Waals surface area (Å²) in [4.78, 5) is 25.3. The molecule has 7 nitrogen and oxygen atoms in total. The van der Waals surface area contributed by atoms with E-state index in [0.717, 1.165) is 5.56 Å². The number of nitro groups is 1. The lowest BCUT2D eigenvalue weighted by Gasteiger charge is -2.32. The molecule has 0 aromatic heterocycles. The van der Waals surface area contributed by atoms with Crippen molar-refractivity contribution in [3.8, 4) is 6.07 Å². The molecule has 0 spiro atoms. The summed E-state index contributed by atoms with van der Waals surface area (Å²) >= 11 is 0. The molecular weight excluding hydrogens is 356 g/mol. The number of carbonyl (C=O) groups excluding carboxylic acids is 1. The van der Waals surface area contributed by atoms with Gasteiger partial charge in [-0.2, -0.15) is 5.26 Å². The van der Waals surface area contributed by atoms with E-state index in [9.17, 15) is 14.9 Å². The van der Waals surface area contributed by atoms with Crippen molar-refractivity contribution in [2.45, 2.75) is 26.3 Å². The van der Waals surface area contributed by atoms with Gasteiger partial charge in [0, 0.05) is 31.6 Å². The van der Waals surface area contributed by atoms with Crippen LogP contribution in [-0.2, 0) is 11.3 Å². The second-order valence-corrected chi connectivity index (χ2v) is 7.04. The molecule has 1 aliphatic heterocycles. The first-order valence-corrected chi connectivity index (χ1v) is 9.24. The van der Waals surface area contributed by atoms with Crippen molar-refractivity contribution in [3.63, 3.8) is 0 Å². The molecule has 2 aromatic carbocycles. The lowest BCUT2D eigenvalue weighted by atomic mass is 9.95. The second-order valence-electron chi connectivity index (χ2n) is 7.04. The zero-order valence-corrected chi connectivity index (χ0v) is 15.7.